The maximum Gasteiger partial charge on any atom is 0.328 e. The fraction of sp³-hybridized carbons (Fsp3) is 1.00. The lowest BCUT2D eigenvalue weighted by molar-refractivity contribution is -0.0506. The van der Waals surface area contributed by atoms with Crippen LogP contribution < -0.4 is 0 Å². The van der Waals surface area contributed by atoms with Crippen LogP contribution in [-0.2, 0) is 32.6 Å². The molecule has 0 N–H and O–H groups in total. The van der Waals surface area contributed by atoms with Gasteiger partial charge in [-0.2, -0.15) is 0 Å². The topological polar surface area (TPSA) is 72.5 Å². The molecule has 0 radical (unpaired) electrons. The summed E-state index contributed by atoms with van der Waals surface area (Å²) in [6.07, 6.45) is -0.807. The number of ether oxygens (including phenoxy) is 4. The molecule has 0 aromatic heterocycles. The van der Waals surface area contributed by atoms with E-state index in [9.17, 15) is 4.57 Å². The van der Waals surface area contributed by atoms with Gasteiger partial charge in [-0.05, 0) is 20.8 Å². The molecule has 0 aliphatic carbocycles. The Labute approximate surface area is 184 Å². The summed E-state index contributed by atoms with van der Waals surface area (Å²) < 4.78 is 49.0. The molecule has 0 amide bonds. The van der Waals surface area contributed by atoms with E-state index in [4.69, 9.17) is 28.0 Å². The molecule has 30 heavy (non-hydrogen) atoms. The van der Waals surface area contributed by atoms with E-state index >= 15 is 0 Å². The van der Waals surface area contributed by atoms with Crippen LogP contribution in [0.2, 0.25) is 13.6 Å². The number of rotatable bonds is 12. The van der Waals surface area contributed by atoms with Crippen molar-refractivity contribution < 1.29 is 32.6 Å². The van der Waals surface area contributed by atoms with Gasteiger partial charge in [-0.25, -0.2) is 0 Å². The standard InChI is InChI=1S/C20H41B2O7P/c1-9-24-17-13(4)19(21-6)28-16(17)11-26-30(8,23)29-18-14(5)20(22-7)27-15(18)10-25-12(2)3/h12-22H,9-11H2,1-8H3/t13?,14?,15-,16-,17-,18-,19-,20-,30?/m1/s1. The molecule has 2 saturated heterocycles. The van der Waals surface area contributed by atoms with Crippen molar-refractivity contribution in [2.45, 2.75) is 90.8 Å². The highest BCUT2D eigenvalue weighted by Gasteiger charge is 2.46. The van der Waals surface area contributed by atoms with E-state index in [0.29, 0.717) is 13.2 Å². The third-order valence-corrected chi connectivity index (χ3v) is 7.43. The third-order valence-electron chi connectivity index (χ3n) is 6.19. The Kier molecular flexibility index (Phi) is 10.4. The molecule has 2 fully saturated rings. The van der Waals surface area contributed by atoms with Crippen molar-refractivity contribution in [2.75, 3.05) is 26.5 Å². The van der Waals surface area contributed by atoms with Gasteiger partial charge in [0, 0.05) is 37.1 Å². The molecule has 0 aromatic carbocycles. The maximum atomic E-state index is 13.2. The highest BCUT2D eigenvalue weighted by molar-refractivity contribution is 7.53. The van der Waals surface area contributed by atoms with Crippen LogP contribution in [0.5, 0.6) is 0 Å². The van der Waals surface area contributed by atoms with Gasteiger partial charge in [0.2, 0.25) is 0 Å². The minimum Gasteiger partial charge on any atom is -0.378 e. The van der Waals surface area contributed by atoms with Crippen LogP contribution in [-0.4, -0.2) is 83.6 Å². The first-order chi connectivity index (χ1) is 14.1. The van der Waals surface area contributed by atoms with Crippen LogP contribution >= 0.6 is 7.60 Å². The molecule has 0 spiro atoms. The predicted molar refractivity (Wildman–Crippen MR) is 123 cm³/mol. The van der Waals surface area contributed by atoms with Gasteiger partial charge in [-0.3, -0.25) is 4.57 Å². The second-order valence-corrected chi connectivity index (χ2v) is 10.9. The Balaban J connectivity index is 1.99. The van der Waals surface area contributed by atoms with Crippen LogP contribution in [0, 0.1) is 11.8 Å². The van der Waals surface area contributed by atoms with Gasteiger partial charge < -0.3 is 28.0 Å². The Hall–Kier alpha value is 0.120. The van der Waals surface area contributed by atoms with Gasteiger partial charge in [0.05, 0.1) is 31.5 Å². The van der Waals surface area contributed by atoms with E-state index in [-0.39, 0.29) is 61.0 Å². The molecular weight excluding hydrogens is 405 g/mol. The molecule has 2 heterocycles. The first kappa shape index (κ1) is 26.4. The van der Waals surface area contributed by atoms with Crippen LogP contribution in [0.25, 0.3) is 0 Å². The normalized spacial score (nSPS) is 38.7. The molecule has 7 nitrogen and oxygen atoms in total. The van der Waals surface area contributed by atoms with Crippen molar-refractivity contribution in [3.63, 3.8) is 0 Å². The van der Waals surface area contributed by atoms with Gasteiger partial charge in [0.25, 0.3) is 0 Å². The van der Waals surface area contributed by atoms with Gasteiger partial charge >= 0.3 is 7.60 Å². The lowest BCUT2D eigenvalue weighted by atomic mass is 9.69. The second kappa shape index (κ2) is 11.8. The Bertz CT molecular complexity index is 567. The highest BCUT2D eigenvalue weighted by Crippen LogP contribution is 2.49. The van der Waals surface area contributed by atoms with Gasteiger partial charge in [0.1, 0.15) is 12.2 Å². The quantitative estimate of drug-likeness (QED) is 0.337. The summed E-state index contributed by atoms with van der Waals surface area (Å²) in [6.45, 7) is 17.1. The van der Waals surface area contributed by atoms with Crippen molar-refractivity contribution in [3.8, 4) is 0 Å². The van der Waals surface area contributed by atoms with E-state index in [1.54, 1.807) is 0 Å². The van der Waals surface area contributed by atoms with Crippen molar-refractivity contribution in [1.29, 1.82) is 0 Å². The fourth-order valence-corrected chi connectivity index (χ4v) is 5.77. The zero-order chi connectivity index (χ0) is 22.5. The highest BCUT2D eigenvalue weighted by atomic mass is 31.2. The monoisotopic (exact) mass is 446 g/mol. The Morgan fingerprint density at radius 3 is 2.00 bits per heavy atom. The fourth-order valence-electron chi connectivity index (χ4n) is 4.52. The van der Waals surface area contributed by atoms with Gasteiger partial charge in [-0.1, -0.05) is 27.5 Å². The molecule has 0 bridgehead atoms. The lowest BCUT2D eigenvalue weighted by Gasteiger charge is -2.27. The molecular formula is C20H41B2O7P. The molecule has 3 unspecified atom stereocenters. The SMILES string of the molecule is CB[C@@H]1O[C@H](COP(C)(=O)O[C@@H]2C(C)[C@H](BC)O[C@@H]2COC(C)C)[C@H](OCC)C1C. The Morgan fingerprint density at radius 2 is 1.50 bits per heavy atom. The molecule has 9 atom stereocenters. The average molecular weight is 446 g/mol. The number of hydrogen-bond acceptors (Lipinski definition) is 7. The minimum absolute atomic E-state index is 0.0578. The third kappa shape index (κ3) is 6.81. The van der Waals surface area contributed by atoms with Crippen LogP contribution in [0.3, 0.4) is 0 Å². The van der Waals surface area contributed by atoms with E-state index < -0.39 is 7.60 Å². The lowest BCUT2D eigenvalue weighted by Crippen LogP contribution is -2.34. The second-order valence-electron chi connectivity index (χ2n) is 8.90. The molecule has 10 heteroatoms. The van der Waals surface area contributed by atoms with Gasteiger partial charge in [0.15, 0.2) is 14.6 Å². The zero-order valence-electron chi connectivity index (χ0n) is 20.0. The van der Waals surface area contributed by atoms with Crippen LogP contribution in [0.4, 0.5) is 0 Å². The summed E-state index contributed by atoms with van der Waals surface area (Å²) in [5, 5.41) is 0. The van der Waals surface area contributed by atoms with Crippen LogP contribution in [0.15, 0.2) is 0 Å². The summed E-state index contributed by atoms with van der Waals surface area (Å²) in [4.78, 5) is 0. The summed E-state index contributed by atoms with van der Waals surface area (Å²) in [5.74, 6) is 0.378. The molecule has 174 valence electrons. The van der Waals surface area contributed by atoms with E-state index in [0.717, 1.165) is 14.6 Å². The average Bonchev–Trinajstić information content (AvgIpc) is 3.15. The molecule has 2 aliphatic heterocycles. The van der Waals surface area contributed by atoms with Crippen molar-refractivity contribution in [1.82, 2.24) is 0 Å². The molecule has 2 aliphatic rings. The zero-order valence-corrected chi connectivity index (χ0v) is 20.9. The van der Waals surface area contributed by atoms with Crippen LogP contribution in [0.1, 0.15) is 34.6 Å². The first-order valence-electron chi connectivity index (χ1n) is 11.6. The summed E-state index contributed by atoms with van der Waals surface area (Å²) in [5.41, 5.74) is 0. The van der Waals surface area contributed by atoms with Crippen molar-refractivity contribution >= 4 is 22.2 Å². The van der Waals surface area contributed by atoms with E-state index in [1.165, 1.54) is 6.66 Å². The maximum absolute atomic E-state index is 13.2. The van der Waals surface area contributed by atoms with Gasteiger partial charge in [-0.15, -0.1) is 0 Å². The van der Waals surface area contributed by atoms with Crippen molar-refractivity contribution in [2.24, 2.45) is 11.8 Å². The summed E-state index contributed by atoms with van der Waals surface area (Å²) in [7, 11) is -1.54. The predicted octanol–water partition coefficient (Wildman–Crippen LogP) is 2.73. The minimum atomic E-state index is -3.32. The number of hydrogen-bond donors (Lipinski definition) is 0. The van der Waals surface area contributed by atoms with E-state index in [1.807, 2.05) is 20.8 Å². The molecule has 2 rings (SSSR count). The summed E-state index contributed by atoms with van der Waals surface area (Å²) >= 11 is 0. The molecule has 0 saturated carbocycles. The summed E-state index contributed by atoms with van der Waals surface area (Å²) in [6, 6.07) is 0.181. The largest absolute Gasteiger partial charge is 0.378 e. The first-order valence-corrected chi connectivity index (χ1v) is 13.6. The van der Waals surface area contributed by atoms with Crippen molar-refractivity contribution in [3.05, 3.63) is 0 Å². The molecule has 0 aromatic rings. The smallest absolute Gasteiger partial charge is 0.328 e. The Morgan fingerprint density at radius 1 is 0.967 bits per heavy atom. The van der Waals surface area contributed by atoms with E-state index in [2.05, 4.69) is 27.5 Å².